The molecule has 1 saturated heterocycles. The number of rotatable bonds is 1. The molecule has 3 aromatic rings. The van der Waals surface area contributed by atoms with Gasteiger partial charge in [0.25, 0.3) is 11.5 Å². The van der Waals surface area contributed by atoms with Crippen molar-refractivity contribution >= 4 is 11.6 Å². The highest BCUT2D eigenvalue weighted by Gasteiger charge is 2.36. The molecule has 2 aliphatic heterocycles. The molecule has 6 nitrogen and oxygen atoms in total. The van der Waals surface area contributed by atoms with Crippen LogP contribution in [0.2, 0.25) is 0 Å². The van der Waals surface area contributed by atoms with Gasteiger partial charge in [0.15, 0.2) is 0 Å². The van der Waals surface area contributed by atoms with Gasteiger partial charge in [-0.2, -0.15) is 0 Å². The van der Waals surface area contributed by atoms with E-state index in [1.165, 1.54) is 0 Å². The molecule has 0 unspecified atom stereocenters. The number of imidazole rings is 1. The number of pyridine rings is 2. The van der Waals surface area contributed by atoms with Gasteiger partial charge in [-0.25, -0.2) is 4.98 Å². The van der Waals surface area contributed by atoms with Crippen LogP contribution in [0.3, 0.4) is 0 Å². The fraction of sp³-hybridized carbons (Fsp3) is 0.350. The van der Waals surface area contributed by atoms with Gasteiger partial charge in [-0.05, 0) is 37.5 Å². The van der Waals surface area contributed by atoms with Crippen LogP contribution in [0.5, 0.6) is 0 Å². The summed E-state index contributed by atoms with van der Waals surface area (Å²) < 4.78 is 3.79. The van der Waals surface area contributed by atoms with Crippen molar-refractivity contribution in [2.75, 3.05) is 13.1 Å². The molecule has 3 aromatic heterocycles. The predicted octanol–water partition coefficient (Wildman–Crippen LogP) is 2.06. The van der Waals surface area contributed by atoms with Gasteiger partial charge in [-0.15, -0.1) is 0 Å². The summed E-state index contributed by atoms with van der Waals surface area (Å²) >= 11 is 0. The lowest BCUT2D eigenvalue weighted by Crippen LogP contribution is -2.49. The lowest BCUT2D eigenvalue weighted by molar-refractivity contribution is 0.0594. The van der Waals surface area contributed by atoms with E-state index < -0.39 is 0 Å². The van der Waals surface area contributed by atoms with Crippen LogP contribution in [0, 0.1) is 12.8 Å². The number of nitrogens with zero attached hydrogens (tertiary/aromatic N) is 4. The molecule has 5 rings (SSSR count). The van der Waals surface area contributed by atoms with E-state index in [-0.39, 0.29) is 17.4 Å². The predicted molar refractivity (Wildman–Crippen MR) is 97.4 cm³/mol. The maximum Gasteiger partial charge on any atom is 0.255 e. The molecule has 0 spiro atoms. The van der Waals surface area contributed by atoms with Crippen LogP contribution in [-0.2, 0) is 6.54 Å². The van der Waals surface area contributed by atoms with Gasteiger partial charge in [0.05, 0.1) is 11.3 Å². The van der Waals surface area contributed by atoms with E-state index in [2.05, 4.69) is 4.98 Å². The highest BCUT2D eigenvalue weighted by Crippen LogP contribution is 2.35. The van der Waals surface area contributed by atoms with E-state index in [9.17, 15) is 9.59 Å². The summed E-state index contributed by atoms with van der Waals surface area (Å²) in [6.07, 6.45) is 4.84. The number of aryl methyl sites for hydroxylation is 1. The second kappa shape index (κ2) is 5.56. The minimum Gasteiger partial charge on any atom is -0.338 e. The Balaban J connectivity index is 1.46. The fourth-order valence-corrected chi connectivity index (χ4v) is 4.49. The molecule has 132 valence electrons. The van der Waals surface area contributed by atoms with Crippen LogP contribution in [0.15, 0.2) is 47.5 Å². The van der Waals surface area contributed by atoms with Crippen LogP contribution >= 0.6 is 0 Å². The van der Waals surface area contributed by atoms with Gasteiger partial charge in [0.2, 0.25) is 0 Å². The minimum absolute atomic E-state index is 0.0553. The van der Waals surface area contributed by atoms with Crippen LogP contribution in [0.4, 0.5) is 0 Å². The largest absolute Gasteiger partial charge is 0.338 e. The summed E-state index contributed by atoms with van der Waals surface area (Å²) in [7, 11) is 0. The van der Waals surface area contributed by atoms with Gasteiger partial charge in [0, 0.05) is 49.7 Å². The van der Waals surface area contributed by atoms with E-state index in [0.717, 1.165) is 23.5 Å². The zero-order valence-corrected chi connectivity index (χ0v) is 14.6. The molecule has 2 atom stereocenters. The number of carbonyl (C=O) groups is 1. The third kappa shape index (κ3) is 2.36. The first-order chi connectivity index (χ1) is 12.6. The molecule has 0 radical (unpaired) electrons. The van der Waals surface area contributed by atoms with E-state index in [4.69, 9.17) is 0 Å². The lowest BCUT2D eigenvalue weighted by Gasteiger charge is -2.42. The minimum atomic E-state index is 0.0553. The molecule has 2 aliphatic rings. The van der Waals surface area contributed by atoms with Crippen molar-refractivity contribution in [2.45, 2.75) is 25.8 Å². The summed E-state index contributed by atoms with van der Waals surface area (Å²) in [6.45, 7) is 4.02. The number of amides is 1. The molecule has 0 saturated carbocycles. The van der Waals surface area contributed by atoms with Crippen LogP contribution in [0.25, 0.3) is 5.65 Å². The number of piperidine rings is 1. The number of carbonyl (C=O) groups excluding carboxylic acids is 1. The molecule has 6 heteroatoms. The number of hydrogen-bond acceptors (Lipinski definition) is 3. The molecule has 0 N–H and O–H groups in total. The molecular weight excluding hydrogens is 328 g/mol. The SMILES string of the molecule is Cc1cn2cc(C(=O)N3C[C@@H]4C[C@@H](C3)c3cccc(=O)n3C4)ccc2n1. The molecule has 5 heterocycles. The van der Waals surface area contributed by atoms with Gasteiger partial charge in [0.1, 0.15) is 5.65 Å². The first-order valence-electron chi connectivity index (χ1n) is 9.03. The highest BCUT2D eigenvalue weighted by atomic mass is 16.2. The Morgan fingerprint density at radius 2 is 2.00 bits per heavy atom. The topological polar surface area (TPSA) is 59.6 Å². The van der Waals surface area contributed by atoms with Gasteiger partial charge >= 0.3 is 0 Å². The van der Waals surface area contributed by atoms with Crippen LogP contribution in [0.1, 0.15) is 34.1 Å². The Morgan fingerprint density at radius 1 is 1.12 bits per heavy atom. The first kappa shape index (κ1) is 15.4. The smallest absolute Gasteiger partial charge is 0.255 e. The van der Waals surface area contributed by atoms with Crippen molar-refractivity contribution < 1.29 is 4.79 Å². The van der Waals surface area contributed by atoms with Crippen LogP contribution < -0.4 is 5.56 Å². The summed E-state index contributed by atoms with van der Waals surface area (Å²) in [6, 6.07) is 9.21. The van der Waals surface area contributed by atoms with Crippen molar-refractivity contribution in [3.05, 3.63) is 70.0 Å². The Morgan fingerprint density at radius 3 is 2.88 bits per heavy atom. The molecule has 0 aromatic carbocycles. The van der Waals surface area contributed by atoms with Gasteiger partial charge < -0.3 is 13.9 Å². The van der Waals surface area contributed by atoms with Crippen molar-refractivity contribution in [3.8, 4) is 0 Å². The van der Waals surface area contributed by atoms with E-state index in [1.54, 1.807) is 6.07 Å². The quantitative estimate of drug-likeness (QED) is 0.676. The monoisotopic (exact) mass is 348 g/mol. The molecular formula is C20H20N4O2. The summed E-state index contributed by atoms with van der Waals surface area (Å²) in [4.78, 5) is 31.6. The zero-order chi connectivity index (χ0) is 17.8. The fourth-order valence-electron chi connectivity index (χ4n) is 4.49. The highest BCUT2D eigenvalue weighted by molar-refractivity contribution is 5.94. The Labute approximate surface area is 150 Å². The Hall–Kier alpha value is -2.89. The Bertz CT molecular complexity index is 1080. The Kier molecular flexibility index (Phi) is 3.29. The van der Waals surface area contributed by atoms with E-state index >= 15 is 0 Å². The second-order valence-corrected chi connectivity index (χ2v) is 7.47. The molecule has 1 amide bonds. The number of aromatic nitrogens is 3. The van der Waals surface area contributed by atoms with Crippen molar-refractivity contribution in [3.63, 3.8) is 0 Å². The third-order valence-corrected chi connectivity index (χ3v) is 5.59. The lowest BCUT2D eigenvalue weighted by atomic mass is 9.83. The molecule has 26 heavy (non-hydrogen) atoms. The van der Waals surface area contributed by atoms with E-state index in [0.29, 0.717) is 31.1 Å². The summed E-state index contributed by atoms with van der Waals surface area (Å²) in [5, 5.41) is 0. The molecule has 2 bridgehead atoms. The third-order valence-electron chi connectivity index (χ3n) is 5.59. The normalized spacial score (nSPS) is 21.7. The van der Waals surface area contributed by atoms with Gasteiger partial charge in [-0.1, -0.05) is 6.07 Å². The van der Waals surface area contributed by atoms with Gasteiger partial charge in [-0.3, -0.25) is 9.59 Å². The van der Waals surface area contributed by atoms with Crippen molar-refractivity contribution in [2.24, 2.45) is 5.92 Å². The van der Waals surface area contributed by atoms with Crippen molar-refractivity contribution in [1.29, 1.82) is 0 Å². The first-order valence-corrected chi connectivity index (χ1v) is 9.03. The molecule has 0 aliphatic carbocycles. The maximum atomic E-state index is 13.1. The summed E-state index contributed by atoms with van der Waals surface area (Å²) in [5.74, 6) is 0.628. The average molecular weight is 348 g/mol. The summed E-state index contributed by atoms with van der Waals surface area (Å²) in [5.41, 5.74) is 3.59. The molecule has 1 fully saturated rings. The second-order valence-electron chi connectivity index (χ2n) is 7.47. The zero-order valence-electron chi connectivity index (χ0n) is 14.6. The van der Waals surface area contributed by atoms with Crippen LogP contribution in [-0.4, -0.2) is 37.8 Å². The number of likely N-dealkylation sites (tertiary alicyclic amines) is 1. The maximum absolute atomic E-state index is 13.1. The standard InChI is InChI=1S/C20H20N4O2/c1-13-8-22-11-15(5-6-18(22)21-13)20(26)23-9-14-7-16(12-23)17-3-2-4-19(25)24(17)10-14/h2-6,8,11,14,16H,7,9-10,12H2,1H3/t14-,16-/m0/s1. The van der Waals surface area contributed by atoms with E-state index in [1.807, 2.05) is 57.5 Å². The average Bonchev–Trinajstić information content (AvgIpc) is 3.01. The number of hydrogen-bond donors (Lipinski definition) is 0. The van der Waals surface area contributed by atoms with Crippen molar-refractivity contribution in [1.82, 2.24) is 18.9 Å². The number of fused-ring (bicyclic) bond motifs is 5.